The van der Waals surface area contributed by atoms with Gasteiger partial charge in [-0.1, -0.05) is 18.7 Å². The number of primary sulfonamides is 1. The molecule has 8 nitrogen and oxygen atoms in total. The molecule has 1 aromatic carbocycles. The van der Waals surface area contributed by atoms with E-state index in [4.69, 9.17) is 9.56 Å². The summed E-state index contributed by atoms with van der Waals surface area (Å²) < 4.78 is 35.5. The van der Waals surface area contributed by atoms with E-state index < -0.39 is 16.0 Å². The number of sulfonamides is 1. The van der Waals surface area contributed by atoms with Crippen molar-refractivity contribution < 1.29 is 22.4 Å². The van der Waals surface area contributed by atoms with Crippen LogP contribution in [0.25, 0.3) is 11.0 Å². The number of imidazole rings is 1. The van der Waals surface area contributed by atoms with Crippen molar-refractivity contribution in [3.8, 4) is 0 Å². The Morgan fingerprint density at radius 3 is 2.75 bits per heavy atom. The maximum atomic E-state index is 11.6. The Labute approximate surface area is 167 Å². The van der Waals surface area contributed by atoms with Crippen LogP contribution in [0.15, 0.2) is 44.8 Å². The molecule has 3 aromatic rings. The zero-order valence-corrected chi connectivity index (χ0v) is 17.3. The van der Waals surface area contributed by atoms with Crippen LogP contribution in [0.2, 0.25) is 0 Å². The molecule has 0 aliphatic carbocycles. The number of methoxy groups -OCH3 is 1. The lowest BCUT2D eigenvalue weighted by atomic mass is 10.3. The van der Waals surface area contributed by atoms with E-state index in [2.05, 4.69) is 16.6 Å². The number of esters is 1. The molecule has 0 amide bonds. The molecule has 0 saturated heterocycles. The standard InChI is InChI=1S/C18H21N3O5S2/c1-4-9-21-14-6-5-12(28(19,23)24)10-13(14)20-18(21)27-11(2)15-7-8-16(26-15)17(22)25-3/h5-8,10-11H,4,9H2,1-3H3,(H2,19,23,24). The summed E-state index contributed by atoms with van der Waals surface area (Å²) in [6, 6.07) is 7.99. The number of carbonyl (C=O) groups is 1. The summed E-state index contributed by atoms with van der Waals surface area (Å²) in [5.41, 5.74) is 1.39. The fraction of sp³-hybridized carbons (Fsp3) is 0.333. The average Bonchev–Trinajstić information content (AvgIpc) is 3.26. The fourth-order valence-electron chi connectivity index (χ4n) is 2.79. The molecule has 2 aromatic heterocycles. The Morgan fingerprint density at radius 2 is 2.11 bits per heavy atom. The number of nitrogens with zero attached hydrogens (tertiary/aromatic N) is 2. The van der Waals surface area contributed by atoms with Gasteiger partial charge in [0.15, 0.2) is 5.16 Å². The maximum absolute atomic E-state index is 11.6. The third-order valence-electron chi connectivity index (χ3n) is 4.16. The van der Waals surface area contributed by atoms with Crippen LogP contribution in [-0.4, -0.2) is 31.0 Å². The number of thioether (sulfide) groups is 1. The zero-order valence-electron chi connectivity index (χ0n) is 15.7. The van der Waals surface area contributed by atoms with Crippen LogP contribution in [-0.2, 0) is 21.3 Å². The predicted octanol–water partition coefficient (Wildman–Crippen LogP) is 3.33. The van der Waals surface area contributed by atoms with E-state index >= 15 is 0 Å². The number of furan rings is 1. The third-order valence-corrected chi connectivity index (χ3v) is 6.18. The second-order valence-electron chi connectivity index (χ2n) is 6.20. The number of hydrogen-bond acceptors (Lipinski definition) is 7. The molecule has 0 saturated carbocycles. The largest absolute Gasteiger partial charge is 0.463 e. The molecule has 0 fully saturated rings. The van der Waals surface area contributed by atoms with E-state index in [9.17, 15) is 13.2 Å². The maximum Gasteiger partial charge on any atom is 0.373 e. The number of nitrogens with two attached hydrogens (primary N) is 1. The number of hydrogen-bond donors (Lipinski definition) is 1. The molecular formula is C18H21N3O5S2. The Balaban J connectivity index is 1.95. The van der Waals surface area contributed by atoms with Gasteiger partial charge in [0.05, 0.1) is 28.3 Å². The number of carbonyl (C=O) groups excluding carboxylic acids is 1. The Bertz CT molecular complexity index is 1120. The van der Waals surface area contributed by atoms with Gasteiger partial charge in [-0.05, 0) is 43.7 Å². The van der Waals surface area contributed by atoms with Gasteiger partial charge in [0, 0.05) is 6.54 Å². The lowest BCUT2D eigenvalue weighted by Crippen LogP contribution is -2.11. The third kappa shape index (κ3) is 4.08. The van der Waals surface area contributed by atoms with E-state index in [1.165, 1.54) is 31.0 Å². The highest BCUT2D eigenvalue weighted by Gasteiger charge is 2.20. The summed E-state index contributed by atoms with van der Waals surface area (Å²) in [5.74, 6) is 0.229. The molecule has 0 aliphatic rings. The van der Waals surface area contributed by atoms with E-state index in [-0.39, 0.29) is 15.9 Å². The van der Waals surface area contributed by atoms with Crippen molar-refractivity contribution in [2.75, 3.05) is 7.11 Å². The van der Waals surface area contributed by atoms with Crippen LogP contribution in [0.3, 0.4) is 0 Å². The van der Waals surface area contributed by atoms with Gasteiger partial charge in [-0.15, -0.1) is 0 Å². The van der Waals surface area contributed by atoms with Crippen LogP contribution in [0.5, 0.6) is 0 Å². The first-order valence-corrected chi connectivity index (χ1v) is 11.0. The van der Waals surface area contributed by atoms with Crippen LogP contribution >= 0.6 is 11.8 Å². The van der Waals surface area contributed by atoms with Crippen LogP contribution in [0, 0.1) is 0 Å². The molecule has 0 bridgehead atoms. The van der Waals surface area contributed by atoms with Crippen molar-refractivity contribution in [1.29, 1.82) is 0 Å². The number of benzene rings is 1. The van der Waals surface area contributed by atoms with E-state index in [0.29, 0.717) is 11.3 Å². The normalized spacial score (nSPS) is 13.0. The van der Waals surface area contributed by atoms with Gasteiger partial charge >= 0.3 is 5.97 Å². The van der Waals surface area contributed by atoms with Crippen LogP contribution in [0.1, 0.15) is 41.8 Å². The number of rotatable bonds is 7. The Hall–Kier alpha value is -2.30. The minimum atomic E-state index is -3.80. The highest BCUT2D eigenvalue weighted by Crippen LogP contribution is 2.37. The highest BCUT2D eigenvalue weighted by atomic mass is 32.2. The molecule has 28 heavy (non-hydrogen) atoms. The molecule has 3 rings (SSSR count). The summed E-state index contributed by atoms with van der Waals surface area (Å²) in [4.78, 5) is 16.2. The first-order valence-electron chi connectivity index (χ1n) is 8.62. The number of aromatic nitrogens is 2. The van der Waals surface area contributed by atoms with Crippen molar-refractivity contribution in [2.24, 2.45) is 5.14 Å². The molecular weight excluding hydrogens is 402 g/mol. The zero-order chi connectivity index (χ0) is 20.5. The van der Waals surface area contributed by atoms with Gasteiger partial charge in [-0.3, -0.25) is 0 Å². The van der Waals surface area contributed by atoms with Crippen molar-refractivity contribution in [1.82, 2.24) is 9.55 Å². The van der Waals surface area contributed by atoms with E-state index in [0.717, 1.165) is 23.6 Å². The molecule has 10 heteroatoms. The van der Waals surface area contributed by atoms with Gasteiger partial charge < -0.3 is 13.7 Å². The van der Waals surface area contributed by atoms with Crippen molar-refractivity contribution in [2.45, 2.75) is 42.1 Å². The molecule has 2 N–H and O–H groups in total. The summed E-state index contributed by atoms with van der Waals surface area (Å²) in [5, 5.41) is 5.84. The monoisotopic (exact) mass is 423 g/mol. The SMILES string of the molecule is CCCn1c(SC(C)c2ccc(C(=O)OC)o2)nc2cc(S(N)(=O)=O)ccc21. The molecule has 1 atom stereocenters. The number of ether oxygens (including phenoxy) is 1. The summed E-state index contributed by atoms with van der Waals surface area (Å²) in [7, 11) is -2.50. The van der Waals surface area contributed by atoms with Gasteiger partial charge in [0.1, 0.15) is 5.76 Å². The van der Waals surface area contributed by atoms with Gasteiger partial charge in [-0.2, -0.15) is 0 Å². The fourth-order valence-corrected chi connectivity index (χ4v) is 4.35. The summed E-state index contributed by atoms with van der Waals surface area (Å²) >= 11 is 1.46. The molecule has 0 radical (unpaired) electrons. The molecule has 1 unspecified atom stereocenters. The van der Waals surface area contributed by atoms with Gasteiger partial charge in [0.25, 0.3) is 0 Å². The van der Waals surface area contributed by atoms with Gasteiger partial charge in [-0.25, -0.2) is 23.3 Å². The minimum Gasteiger partial charge on any atom is -0.463 e. The second-order valence-corrected chi connectivity index (χ2v) is 9.06. The molecule has 0 spiro atoms. The van der Waals surface area contributed by atoms with E-state index in [1.54, 1.807) is 18.2 Å². The molecule has 150 valence electrons. The predicted molar refractivity (Wildman–Crippen MR) is 106 cm³/mol. The van der Waals surface area contributed by atoms with Crippen LogP contribution < -0.4 is 5.14 Å². The van der Waals surface area contributed by atoms with Crippen molar-refractivity contribution >= 4 is 38.8 Å². The van der Waals surface area contributed by atoms with Crippen molar-refractivity contribution in [3.05, 3.63) is 41.9 Å². The first-order chi connectivity index (χ1) is 13.2. The topological polar surface area (TPSA) is 117 Å². The smallest absolute Gasteiger partial charge is 0.373 e. The second kappa shape index (κ2) is 7.98. The molecule has 2 heterocycles. The quantitative estimate of drug-likeness (QED) is 0.457. The summed E-state index contributed by atoms with van der Waals surface area (Å²) in [6.07, 6.45) is 0.886. The summed E-state index contributed by atoms with van der Waals surface area (Å²) in [6.45, 7) is 4.72. The lowest BCUT2D eigenvalue weighted by molar-refractivity contribution is 0.0563. The first kappa shape index (κ1) is 20.4. The van der Waals surface area contributed by atoms with Crippen LogP contribution in [0.4, 0.5) is 0 Å². The Kier molecular flexibility index (Phi) is 5.82. The van der Waals surface area contributed by atoms with Gasteiger partial charge in [0.2, 0.25) is 15.8 Å². The van der Waals surface area contributed by atoms with E-state index in [1.807, 2.05) is 11.5 Å². The number of aryl methyl sites for hydroxylation is 1. The lowest BCUT2D eigenvalue weighted by Gasteiger charge is -2.11. The number of fused-ring (bicyclic) bond motifs is 1. The minimum absolute atomic E-state index is 0.0273. The average molecular weight is 424 g/mol. The Morgan fingerprint density at radius 1 is 1.36 bits per heavy atom. The molecule has 0 aliphatic heterocycles. The highest BCUT2D eigenvalue weighted by molar-refractivity contribution is 7.99. The van der Waals surface area contributed by atoms with Crippen molar-refractivity contribution in [3.63, 3.8) is 0 Å².